The number of nitrogens with zero attached hydrogens (tertiary/aromatic N) is 2. The summed E-state index contributed by atoms with van der Waals surface area (Å²) in [5.41, 5.74) is -0.183. The summed E-state index contributed by atoms with van der Waals surface area (Å²) in [7, 11) is -2.89. The molecular formula is C14H23N3O4S. The van der Waals surface area contributed by atoms with E-state index in [2.05, 4.69) is 15.5 Å². The molecule has 2 rings (SSSR count). The van der Waals surface area contributed by atoms with Crippen LogP contribution >= 0.6 is 0 Å². The second-order valence-electron chi connectivity index (χ2n) is 6.83. The Morgan fingerprint density at radius 3 is 2.68 bits per heavy atom. The van der Waals surface area contributed by atoms with E-state index >= 15 is 0 Å². The van der Waals surface area contributed by atoms with E-state index in [1.807, 2.05) is 20.8 Å². The summed E-state index contributed by atoms with van der Waals surface area (Å²) in [6, 6.07) is 0. The van der Waals surface area contributed by atoms with Crippen LogP contribution in [0.25, 0.3) is 0 Å². The van der Waals surface area contributed by atoms with E-state index in [9.17, 15) is 13.2 Å². The first-order valence-corrected chi connectivity index (χ1v) is 9.28. The minimum atomic E-state index is -2.89. The number of carbonyl (C=O) groups excluding carboxylic acids is 1. The van der Waals surface area contributed by atoms with Crippen molar-refractivity contribution in [1.29, 1.82) is 0 Å². The lowest BCUT2D eigenvalue weighted by Gasteiger charge is -2.10. The number of hydrogen-bond donors (Lipinski definition) is 1. The molecule has 0 aromatic carbocycles. The molecule has 0 radical (unpaired) electrons. The Balaban J connectivity index is 1.73. The van der Waals surface area contributed by atoms with Crippen molar-refractivity contribution < 1.29 is 17.7 Å². The van der Waals surface area contributed by atoms with Crippen LogP contribution < -0.4 is 5.32 Å². The van der Waals surface area contributed by atoms with E-state index in [1.165, 1.54) is 0 Å². The lowest BCUT2D eigenvalue weighted by molar-refractivity contribution is -0.121. The lowest BCUT2D eigenvalue weighted by Crippen LogP contribution is -2.30. The van der Waals surface area contributed by atoms with Crippen molar-refractivity contribution in [2.24, 2.45) is 5.92 Å². The number of aryl methyl sites for hydroxylation is 1. The molecule has 2 heterocycles. The number of hydrogen-bond acceptors (Lipinski definition) is 6. The van der Waals surface area contributed by atoms with Gasteiger partial charge in [-0.3, -0.25) is 4.79 Å². The van der Waals surface area contributed by atoms with Crippen LogP contribution in [0.1, 0.15) is 45.3 Å². The summed E-state index contributed by atoms with van der Waals surface area (Å²) in [6.07, 6.45) is 1.27. The highest BCUT2D eigenvalue weighted by Crippen LogP contribution is 2.19. The summed E-state index contributed by atoms with van der Waals surface area (Å²) in [6.45, 7) is 6.38. The molecule has 1 amide bonds. The van der Waals surface area contributed by atoms with Gasteiger partial charge in [0.2, 0.25) is 11.8 Å². The van der Waals surface area contributed by atoms with Crippen LogP contribution in [0.4, 0.5) is 0 Å². The van der Waals surface area contributed by atoms with Crippen molar-refractivity contribution >= 4 is 15.7 Å². The number of rotatable bonds is 5. The molecule has 1 unspecified atom stereocenters. The smallest absolute Gasteiger partial charge is 0.227 e. The Hall–Kier alpha value is -1.44. The molecule has 1 aliphatic rings. The SMILES string of the molecule is CC(C)(C)c1noc(CCC(=O)NCC2CCS(=O)(=O)C2)n1. The van der Waals surface area contributed by atoms with Gasteiger partial charge in [-0.05, 0) is 12.3 Å². The Morgan fingerprint density at radius 2 is 2.14 bits per heavy atom. The van der Waals surface area contributed by atoms with Gasteiger partial charge in [0, 0.05) is 24.8 Å². The standard InChI is InChI=1S/C14H23N3O4S/c1-14(2,3)13-16-12(21-17-13)5-4-11(18)15-8-10-6-7-22(19,20)9-10/h10H,4-9H2,1-3H3,(H,15,18). The first kappa shape index (κ1) is 16.9. The fraction of sp³-hybridized carbons (Fsp3) is 0.786. The number of aromatic nitrogens is 2. The quantitative estimate of drug-likeness (QED) is 0.859. The third-order valence-corrected chi connectivity index (χ3v) is 5.46. The van der Waals surface area contributed by atoms with Crippen LogP contribution in [0.2, 0.25) is 0 Å². The molecule has 0 saturated carbocycles. The minimum Gasteiger partial charge on any atom is -0.356 e. The molecular weight excluding hydrogens is 306 g/mol. The zero-order valence-corrected chi connectivity index (χ0v) is 14.1. The van der Waals surface area contributed by atoms with Crippen molar-refractivity contribution in [2.75, 3.05) is 18.1 Å². The van der Waals surface area contributed by atoms with Gasteiger partial charge in [0.1, 0.15) is 0 Å². The molecule has 1 aromatic heterocycles. The molecule has 1 saturated heterocycles. The molecule has 124 valence electrons. The maximum absolute atomic E-state index is 11.8. The number of sulfone groups is 1. The van der Waals surface area contributed by atoms with Crippen molar-refractivity contribution in [3.63, 3.8) is 0 Å². The van der Waals surface area contributed by atoms with Gasteiger partial charge < -0.3 is 9.84 Å². The summed E-state index contributed by atoms with van der Waals surface area (Å²) in [4.78, 5) is 16.1. The van der Waals surface area contributed by atoms with Gasteiger partial charge in [-0.15, -0.1) is 0 Å². The maximum atomic E-state index is 11.8. The molecule has 1 aromatic rings. The average Bonchev–Trinajstić information content (AvgIpc) is 3.00. The molecule has 1 aliphatic heterocycles. The van der Waals surface area contributed by atoms with Crippen molar-refractivity contribution in [3.05, 3.63) is 11.7 Å². The van der Waals surface area contributed by atoms with Crippen LogP contribution in [-0.4, -0.2) is 42.5 Å². The molecule has 0 bridgehead atoms. The van der Waals surface area contributed by atoms with Gasteiger partial charge in [0.05, 0.1) is 11.5 Å². The largest absolute Gasteiger partial charge is 0.356 e. The predicted octanol–water partition coefficient (Wildman–Crippen LogP) is 0.851. The van der Waals surface area contributed by atoms with Gasteiger partial charge in [-0.1, -0.05) is 25.9 Å². The normalized spacial score (nSPS) is 21.0. The first-order chi connectivity index (χ1) is 10.2. The van der Waals surface area contributed by atoms with E-state index in [0.717, 1.165) is 0 Å². The molecule has 1 N–H and O–H groups in total. The molecule has 0 spiro atoms. The van der Waals surface area contributed by atoms with Crippen LogP contribution in [0, 0.1) is 5.92 Å². The number of nitrogens with one attached hydrogen (secondary N) is 1. The zero-order chi connectivity index (χ0) is 16.4. The third-order valence-electron chi connectivity index (χ3n) is 3.62. The molecule has 7 nitrogen and oxygen atoms in total. The molecule has 22 heavy (non-hydrogen) atoms. The van der Waals surface area contributed by atoms with Crippen molar-refractivity contribution in [3.8, 4) is 0 Å². The molecule has 8 heteroatoms. The Morgan fingerprint density at radius 1 is 1.41 bits per heavy atom. The monoisotopic (exact) mass is 329 g/mol. The van der Waals surface area contributed by atoms with Gasteiger partial charge in [-0.25, -0.2) is 8.42 Å². The van der Waals surface area contributed by atoms with Gasteiger partial charge in [0.15, 0.2) is 15.7 Å². The van der Waals surface area contributed by atoms with E-state index < -0.39 is 9.84 Å². The van der Waals surface area contributed by atoms with Crippen LogP contribution in [0.3, 0.4) is 0 Å². The third kappa shape index (κ3) is 4.79. The zero-order valence-electron chi connectivity index (χ0n) is 13.3. The Labute approximate surface area is 130 Å². The Bertz CT molecular complexity index is 631. The van der Waals surface area contributed by atoms with Gasteiger partial charge in [-0.2, -0.15) is 4.98 Å². The predicted molar refractivity (Wildman–Crippen MR) is 81.1 cm³/mol. The van der Waals surface area contributed by atoms with E-state index in [0.29, 0.717) is 31.1 Å². The van der Waals surface area contributed by atoms with E-state index in [-0.39, 0.29) is 35.2 Å². The maximum Gasteiger partial charge on any atom is 0.227 e. The lowest BCUT2D eigenvalue weighted by atomic mass is 9.96. The van der Waals surface area contributed by atoms with Crippen LogP contribution in [0.5, 0.6) is 0 Å². The van der Waals surface area contributed by atoms with Crippen LogP contribution in [-0.2, 0) is 26.5 Å². The van der Waals surface area contributed by atoms with Crippen LogP contribution in [0.15, 0.2) is 4.52 Å². The summed E-state index contributed by atoms with van der Waals surface area (Å²) < 4.78 is 27.8. The summed E-state index contributed by atoms with van der Waals surface area (Å²) >= 11 is 0. The highest BCUT2D eigenvalue weighted by molar-refractivity contribution is 7.91. The highest BCUT2D eigenvalue weighted by Gasteiger charge is 2.28. The first-order valence-electron chi connectivity index (χ1n) is 7.46. The number of amides is 1. The second kappa shape index (κ2) is 6.36. The fourth-order valence-electron chi connectivity index (χ4n) is 2.26. The minimum absolute atomic E-state index is 0.0323. The van der Waals surface area contributed by atoms with Gasteiger partial charge >= 0.3 is 0 Å². The topological polar surface area (TPSA) is 102 Å². The molecule has 1 fully saturated rings. The average molecular weight is 329 g/mol. The van der Waals surface area contributed by atoms with Crippen molar-refractivity contribution in [1.82, 2.24) is 15.5 Å². The molecule has 0 aliphatic carbocycles. The fourth-order valence-corrected chi connectivity index (χ4v) is 4.12. The Kier molecular flexibility index (Phi) is 4.89. The summed E-state index contributed by atoms with van der Waals surface area (Å²) in [5.74, 6) is 1.38. The highest BCUT2D eigenvalue weighted by atomic mass is 32.2. The summed E-state index contributed by atoms with van der Waals surface area (Å²) in [5, 5.41) is 6.68. The van der Waals surface area contributed by atoms with Gasteiger partial charge in [0.25, 0.3) is 0 Å². The second-order valence-corrected chi connectivity index (χ2v) is 9.06. The van der Waals surface area contributed by atoms with E-state index in [4.69, 9.17) is 4.52 Å². The molecule has 1 atom stereocenters. The van der Waals surface area contributed by atoms with E-state index in [1.54, 1.807) is 0 Å². The van der Waals surface area contributed by atoms with Crippen molar-refractivity contribution in [2.45, 2.75) is 45.4 Å². The number of carbonyl (C=O) groups is 1.